The number of hydrogen-bond acceptors (Lipinski definition) is 1. The second-order valence-electron chi connectivity index (χ2n) is 2.32. The first kappa shape index (κ1) is 5.93. The van der Waals surface area contributed by atoms with Gasteiger partial charge in [-0.1, -0.05) is 30.3 Å². The molecule has 1 heteroatoms. The highest BCUT2D eigenvalue weighted by atomic mass is 16.3. The Bertz CT molecular complexity index is 208. The van der Waals surface area contributed by atoms with Crippen molar-refractivity contribution in [3.63, 3.8) is 0 Å². The smallest absolute Gasteiger partial charge is 0.0552 e. The van der Waals surface area contributed by atoms with Gasteiger partial charge in [-0.15, -0.1) is 0 Å². The molecule has 0 amide bonds. The molecule has 10 heavy (non-hydrogen) atoms. The van der Waals surface area contributed by atoms with E-state index in [0.29, 0.717) is 0 Å². The normalized spacial score (nSPS) is 17.6. The zero-order valence-corrected chi connectivity index (χ0v) is 5.99. The van der Waals surface area contributed by atoms with E-state index in [1.807, 2.05) is 30.3 Å². The highest BCUT2D eigenvalue weighted by Crippen LogP contribution is 2.01. The summed E-state index contributed by atoms with van der Waals surface area (Å²) < 4.78 is 7.52. The molecule has 1 N–H and O–H groups in total. The van der Waals surface area contributed by atoms with Crippen LogP contribution >= 0.6 is 0 Å². The van der Waals surface area contributed by atoms with E-state index in [9.17, 15) is 0 Å². The van der Waals surface area contributed by atoms with Gasteiger partial charge in [-0.05, 0) is 18.9 Å². The van der Waals surface area contributed by atoms with Crippen LogP contribution in [0.2, 0.25) is 0 Å². The van der Waals surface area contributed by atoms with Gasteiger partial charge in [0.15, 0.2) is 0 Å². The largest absolute Gasteiger partial charge is 0.393 e. The van der Waals surface area contributed by atoms with Crippen LogP contribution in [0.5, 0.6) is 0 Å². The molecule has 0 unspecified atom stereocenters. The summed E-state index contributed by atoms with van der Waals surface area (Å²) in [5.41, 5.74) is 0.863. The molecule has 0 saturated heterocycles. The lowest BCUT2D eigenvalue weighted by Crippen LogP contribution is -2.03. The first-order valence-corrected chi connectivity index (χ1v) is 3.37. The lowest BCUT2D eigenvalue weighted by atomic mass is 10.1. The zero-order valence-electron chi connectivity index (χ0n) is 6.99. The summed E-state index contributed by atoms with van der Waals surface area (Å²) in [6, 6.07) is 9.35. The maximum atomic E-state index is 9.09. The summed E-state index contributed by atoms with van der Waals surface area (Å²) in [4.78, 5) is 0. The van der Waals surface area contributed by atoms with Gasteiger partial charge in [0.1, 0.15) is 0 Å². The second kappa shape index (κ2) is 3.37. The highest BCUT2D eigenvalue weighted by molar-refractivity contribution is 5.15. The van der Waals surface area contributed by atoms with Crippen LogP contribution in [0.25, 0.3) is 0 Å². The third-order valence-electron chi connectivity index (χ3n) is 1.23. The van der Waals surface area contributed by atoms with Crippen LogP contribution in [0.15, 0.2) is 30.3 Å². The van der Waals surface area contributed by atoms with E-state index < -0.39 is 12.5 Å². The molecule has 1 rings (SSSR count). The fraction of sp³-hybridized carbons (Fsp3) is 0.333. The van der Waals surface area contributed by atoms with Gasteiger partial charge in [0.05, 0.1) is 6.10 Å². The average Bonchev–Trinajstić information content (AvgIpc) is 2.05. The molecule has 0 spiro atoms. The van der Waals surface area contributed by atoms with E-state index >= 15 is 0 Å². The molecule has 54 valence electrons. The minimum Gasteiger partial charge on any atom is -0.393 e. The number of rotatable bonds is 2. The Morgan fingerprint density at radius 3 is 2.60 bits per heavy atom. The molecule has 0 bridgehead atoms. The molecule has 1 aromatic rings. The summed E-state index contributed by atoms with van der Waals surface area (Å²) in [5, 5.41) is 9.09. The van der Waals surface area contributed by atoms with E-state index in [1.54, 1.807) is 6.92 Å². The van der Waals surface area contributed by atoms with Crippen molar-refractivity contribution in [3.05, 3.63) is 35.9 Å². The fourth-order valence-electron chi connectivity index (χ4n) is 0.843. The maximum absolute atomic E-state index is 9.09. The van der Waals surface area contributed by atoms with Crippen molar-refractivity contribution in [1.82, 2.24) is 0 Å². The van der Waals surface area contributed by atoms with E-state index in [0.717, 1.165) is 5.56 Å². The molecule has 0 fully saturated rings. The van der Waals surface area contributed by atoms with Gasteiger partial charge in [0.25, 0.3) is 0 Å². The minimum absolute atomic E-state index is 0.517. The summed E-state index contributed by atoms with van der Waals surface area (Å²) in [5.74, 6) is 0. The molecule has 2 atom stereocenters. The van der Waals surface area contributed by atoms with Gasteiger partial charge in [-0.3, -0.25) is 0 Å². The topological polar surface area (TPSA) is 20.2 Å². The van der Waals surface area contributed by atoms with Crippen molar-refractivity contribution in [2.45, 2.75) is 19.4 Å². The van der Waals surface area contributed by atoms with Crippen molar-refractivity contribution in [2.75, 3.05) is 0 Å². The van der Waals surface area contributed by atoms with Crippen molar-refractivity contribution < 1.29 is 6.48 Å². The number of aliphatic hydroxyl groups is 1. The molecular formula is C9H12O. The van der Waals surface area contributed by atoms with E-state index in [1.165, 1.54) is 0 Å². The molecule has 0 aliphatic carbocycles. The number of hydrogen-bond donors (Lipinski definition) is 1. The molecule has 0 radical (unpaired) electrons. The lowest BCUT2D eigenvalue weighted by Gasteiger charge is -2.01. The third kappa shape index (κ3) is 2.19. The highest BCUT2D eigenvalue weighted by Gasteiger charge is 1.95. The Morgan fingerprint density at radius 2 is 2.10 bits per heavy atom. The van der Waals surface area contributed by atoms with Crippen LogP contribution in [-0.2, 0) is 6.40 Å². The summed E-state index contributed by atoms with van der Waals surface area (Å²) in [6.07, 6.45) is -1.12. The molecule has 0 heterocycles. The van der Waals surface area contributed by atoms with Crippen molar-refractivity contribution in [1.29, 1.82) is 0 Å². The van der Waals surface area contributed by atoms with Crippen LogP contribution in [0.4, 0.5) is 0 Å². The molecule has 0 saturated carbocycles. The van der Waals surface area contributed by atoms with Crippen molar-refractivity contribution >= 4 is 0 Å². The molecule has 0 aliphatic rings. The number of aliphatic hydroxyl groups excluding tert-OH is 1. The minimum atomic E-state index is -0.600. The van der Waals surface area contributed by atoms with Crippen molar-refractivity contribution in [2.24, 2.45) is 0 Å². The fourth-order valence-corrected chi connectivity index (χ4v) is 0.843. The van der Waals surface area contributed by atoms with Crippen LogP contribution in [0.1, 0.15) is 13.9 Å². The van der Waals surface area contributed by atoms with Gasteiger partial charge in [-0.25, -0.2) is 0 Å². The quantitative estimate of drug-likeness (QED) is 0.656. The van der Waals surface area contributed by atoms with Crippen LogP contribution in [0.3, 0.4) is 0 Å². The average molecular weight is 137 g/mol. The van der Waals surface area contributed by atoms with Crippen LogP contribution in [0, 0.1) is 0 Å². The number of benzene rings is 1. The lowest BCUT2D eigenvalue weighted by molar-refractivity contribution is 0.195. The second-order valence-corrected chi connectivity index (χ2v) is 2.32. The Morgan fingerprint density at radius 1 is 1.50 bits per heavy atom. The summed E-state index contributed by atoms with van der Waals surface area (Å²) in [6.45, 7) is 1.63. The van der Waals surface area contributed by atoms with Gasteiger partial charge in [-0.2, -0.15) is 0 Å². The molecular weight excluding hydrogens is 124 g/mol. The van der Waals surface area contributed by atoms with Crippen LogP contribution in [-0.4, -0.2) is 11.2 Å². The summed E-state index contributed by atoms with van der Waals surface area (Å²) >= 11 is 0. The van der Waals surface area contributed by atoms with E-state index in [4.69, 9.17) is 6.48 Å². The summed E-state index contributed by atoms with van der Waals surface area (Å²) in [7, 11) is 0. The van der Waals surface area contributed by atoms with Gasteiger partial charge in [0, 0.05) is 1.37 Å². The molecule has 1 aromatic carbocycles. The van der Waals surface area contributed by atoms with Gasteiger partial charge < -0.3 is 5.11 Å². The third-order valence-corrected chi connectivity index (χ3v) is 1.23. The Balaban J connectivity index is 2.77. The Labute approximate surface area is 62.7 Å². The standard InChI is InChI=1S/C9H12O/c1-8(10)7-9-5-3-2-4-6-9/h2-6,8,10H,7H2,1H3/t8-/m1/s1/i7D/t7-,8-. The molecule has 0 aromatic heterocycles. The maximum Gasteiger partial charge on any atom is 0.0552 e. The first-order valence-electron chi connectivity index (χ1n) is 3.95. The predicted octanol–water partition coefficient (Wildman–Crippen LogP) is 1.61. The van der Waals surface area contributed by atoms with Gasteiger partial charge >= 0.3 is 0 Å². The van der Waals surface area contributed by atoms with Gasteiger partial charge in [0.2, 0.25) is 0 Å². The Hall–Kier alpha value is -0.820. The molecule has 0 aliphatic heterocycles. The SMILES string of the molecule is [2H][C@@H](c1ccccc1)[C@@H](C)O. The molecule has 1 nitrogen and oxygen atoms in total. The Kier molecular flexibility index (Phi) is 2.00. The van der Waals surface area contributed by atoms with Crippen molar-refractivity contribution in [3.8, 4) is 0 Å². The zero-order chi connectivity index (χ0) is 8.27. The first-order chi connectivity index (χ1) is 5.22. The van der Waals surface area contributed by atoms with E-state index in [-0.39, 0.29) is 0 Å². The predicted molar refractivity (Wildman–Crippen MR) is 41.8 cm³/mol. The monoisotopic (exact) mass is 137 g/mol. The van der Waals surface area contributed by atoms with E-state index in [2.05, 4.69) is 0 Å². The van der Waals surface area contributed by atoms with Crippen LogP contribution < -0.4 is 0 Å².